The standard InChI is InChI=1S/C60H88F2N12O5/c1-41(2)26-50(68-58(79)56(77)42(3)27-43-12-8-7-9-13-43)57(78)65-20-11-21-70(6)33-44-28-45-34-72(35-46(45)29-44)37-54(75)64-19-10-18-63-52-32-53(67-40-66-52)73-24-16-60(17-25-73)39-74(38-55(76)69-60)51-31-48(61)47(30-49(51)62)36-71-22-14-59(4,5)15-23-71/h7-9,12-13,30-33,40-42,44-46,50,56,77H,10-11,14-29,34-39H2,1-6H3,(H4-,63,64,65,66,67,68,69,75,76,78,79)/p+1/t42-,44?,45-,46+,50+,56+/m1/s1. The molecule has 6 N–H and O–H groups in total. The van der Waals surface area contributed by atoms with Crippen molar-refractivity contribution in [2.75, 3.05) is 107 Å². The Hall–Kier alpha value is -5.79. The minimum Gasteiger partial charge on any atom is -0.383 e. The molecule has 1 aromatic heterocycles. The average Bonchev–Trinajstić information content (AvgIpc) is 4.02. The number of nitrogens with zero attached hydrogens (tertiary/aromatic N) is 7. The quantitative estimate of drug-likeness (QED) is 0.0391. The number of amides is 4. The lowest BCUT2D eigenvalue weighted by Gasteiger charge is -2.48. The molecule has 2 aromatic carbocycles. The first-order valence-corrected chi connectivity index (χ1v) is 29.2. The van der Waals surface area contributed by atoms with Gasteiger partial charge in [-0.05, 0) is 112 Å². The number of anilines is 3. The Bertz CT molecular complexity index is 2560. The highest BCUT2D eigenvalue weighted by atomic mass is 19.1. The summed E-state index contributed by atoms with van der Waals surface area (Å²) in [5, 5.41) is 26.3. The number of likely N-dealkylation sites (tertiary alicyclic amines) is 2. The van der Waals surface area contributed by atoms with Crippen LogP contribution >= 0.6 is 0 Å². The van der Waals surface area contributed by atoms with Crippen LogP contribution in [0.15, 0.2) is 54.9 Å². The van der Waals surface area contributed by atoms with Gasteiger partial charge in [0.2, 0.25) is 23.6 Å². The summed E-state index contributed by atoms with van der Waals surface area (Å²) in [4.78, 5) is 69.7. The van der Waals surface area contributed by atoms with E-state index < -0.39 is 35.2 Å². The first kappa shape index (κ1) is 59.3. The molecule has 1 aliphatic carbocycles. The van der Waals surface area contributed by atoms with E-state index >= 15 is 8.78 Å². The van der Waals surface area contributed by atoms with Crippen LogP contribution in [0.2, 0.25) is 0 Å². The van der Waals surface area contributed by atoms with Crippen LogP contribution < -0.4 is 36.4 Å². The van der Waals surface area contributed by atoms with Crippen molar-refractivity contribution in [2.24, 2.45) is 35.0 Å². The van der Waals surface area contributed by atoms with Crippen molar-refractivity contribution >= 4 is 47.2 Å². The second kappa shape index (κ2) is 27.1. The van der Waals surface area contributed by atoms with Crippen LogP contribution in [0.5, 0.6) is 0 Å². The van der Waals surface area contributed by atoms with E-state index in [1.54, 1.807) is 4.90 Å². The second-order valence-electron chi connectivity index (χ2n) is 24.9. The summed E-state index contributed by atoms with van der Waals surface area (Å²) in [5.74, 6) is 1.08. The molecule has 19 heteroatoms. The van der Waals surface area contributed by atoms with Crippen LogP contribution in [0.3, 0.4) is 0 Å². The van der Waals surface area contributed by atoms with Crippen LogP contribution in [0, 0.1) is 46.6 Å². The molecule has 4 saturated heterocycles. The van der Waals surface area contributed by atoms with Gasteiger partial charge in [0, 0.05) is 88.9 Å². The number of carbonyl (C=O) groups is 4. The Morgan fingerprint density at radius 2 is 1.57 bits per heavy atom. The van der Waals surface area contributed by atoms with E-state index in [1.165, 1.54) is 18.5 Å². The lowest BCUT2D eigenvalue weighted by molar-refractivity contribution is -0.495. The first-order valence-electron chi connectivity index (χ1n) is 29.2. The summed E-state index contributed by atoms with van der Waals surface area (Å²) >= 11 is 0. The predicted molar refractivity (Wildman–Crippen MR) is 305 cm³/mol. The Kier molecular flexibility index (Phi) is 20.4. The van der Waals surface area contributed by atoms with Gasteiger partial charge in [-0.2, -0.15) is 0 Å². The lowest BCUT2D eigenvalue weighted by atomic mass is 9.82. The minimum absolute atomic E-state index is 0.0302. The summed E-state index contributed by atoms with van der Waals surface area (Å²) in [5.41, 5.74) is 1.21. The van der Waals surface area contributed by atoms with E-state index in [2.05, 4.69) is 82.9 Å². The zero-order valence-electron chi connectivity index (χ0n) is 47.8. The van der Waals surface area contributed by atoms with E-state index in [-0.39, 0.29) is 47.2 Å². The number of piperazine rings is 1. The largest absolute Gasteiger partial charge is 0.383 e. The van der Waals surface area contributed by atoms with Gasteiger partial charge in [-0.25, -0.2) is 23.3 Å². The van der Waals surface area contributed by atoms with E-state index in [4.69, 9.17) is 0 Å². The SMILES string of the molecule is CC(C)C[C@H](NC(=O)[C@@H](O)[C@H](C)Cc1ccccc1)C(=O)NCCC[N+](C)=CC1C[C@@H]2CN(CC(=O)NCCCNc3cc(N4CCC5(CC4)CN(c4cc(F)c(CN6CCC(C)(C)CC6)cc4F)CC(=O)N5)ncn3)C[C@@H]2C1. The number of aromatic nitrogens is 2. The molecular formula is C60H89F2N12O5+. The molecule has 4 aliphatic heterocycles. The number of benzene rings is 2. The highest BCUT2D eigenvalue weighted by molar-refractivity contribution is 5.89. The molecule has 3 aromatic rings. The molecule has 1 spiro atoms. The third kappa shape index (κ3) is 16.9. The van der Waals surface area contributed by atoms with Crippen LogP contribution in [0.4, 0.5) is 26.1 Å². The summed E-state index contributed by atoms with van der Waals surface area (Å²) < 4.78 is 33.5. The molecule has 79 heavy (non-hydrogen) atoms. The zero-order chi connectivity index (χ0) is 56.3. The average molecular weight is 1100 g/mol. The lowest BCUT2D eigenvalue weighted by Crippen LogP contribution is -2.66. The topological polar surface area (TPSA) is 190 Å². The minimum atomic E-state index is -1.22. The number of fused-ring (bicyclic) bond motifs is 1. The number of rotatable bonds is 24. The van der Waals surface area contributed by atoms with E-state index in [9.17, 15) is 24.3 Å². The molecule has 4 amide bonds. The molecule has 5 fully saturated rings. The van der Waals surface area contributed by atoms with Crippen LogP contribution in [0.1, 0.15) is 104 Å². The molecule has 5 heterocycles. The van der Waals surface area contributed by atoms with Gasteiger partial charge in [0.25, 0.3) is 0 Å². The Labute approximate surface area is 467 Å². The number of aliphatic hydroxyl groups excluding tert-OH is 1. The molecule has 0 radical (unpaired) electrons. The molecule has 8 rings (SSSR count). The van der Waals surface area contributed by atoms with Crippen molar-refractivity contribution < 1.29 is 37.6 Å². The smallest absolute Gasteiger partial charge is 0.249 e. The molecular weight excluding hydrogens is 1010 g/mol. The van der Waals surface area contributed by atoms with Crippen molar-refractivity contribution in [1.29, 1.82) is 0 Å². The van der Waals surface area contributed by atoms with Gasteiger partial charge in [0.1, 0.15) is 61.6 Å². The van der Waals surface area contributed by atoms with Gasteiger partial charge < -0.3 is 41.5 Å². The second-order valence-corrected chi connectivity index (χ2v) is 24.9. The summed E-state index contributed by atoms with van der Waals surface area (Å²) in [7, 11) is 2.08. The number of aliphatic hydroxyl groups is 1. The Morgan fingerprint density at radius 1 is 0.861 bits per heavy atom. The molecule has 6 atom stereocenters. The molecule has 17 nitrogen and oxygen atoms in total. The van der Waals surface area contributed by atoms with Crippen molar-refractivity contribution in [3.8, 4) is 0 Å². The van der Waals surface area contributed by atoms with E-state index in [0.717, 1.165) is 82.6 Å². The third-order valence-corrected chi connectivity index (χ3v) is 17.2. The summed E-state index contributed by atoms with van der Waals surface area (Å²) in [6.07, 6.45) is 10.6. The maximum absolute atomic E-state index is 15.7. The number of hydrogen-bond acceptors (Lipinski definition) is 12. The maximum atomic E-state index is 15.7. The molecule has 432 valence electrons. The van der Waals surface area contributed by atoms with Gasteiger partial charge in [0.15, 0.2) is 0 Å². The zero-order valence-corrected chi connectivity index (χ0v) is 47.8. The monoisotopic (exact) mass is 1100 g/mol. The number of nitrogens with one attached hydrogen (secondary N) is 5. The summed E-state index contributed by atoms with van der Waals surface area (Å²) in [6.45, 7) is 18.7. The predicted octanol–water partition coefficient (Wildman–Crippen LogP) is 5.22. The third-order valence-electron chi connectivity index (χ3n) is 17.2. The fourth-order valence-corrected chi connectivity index (χ4v) is 12.6. The van der Waals surface area contributed by atoms with E-state index in [1.807, 2.05) is 57.2 Å². The highest BCUT2D eigenvalue weighted by Crippen LogP contribution is 2.41. The number of carbonyl (C=O) groups excluding carboxylic acids is 4. The van der Waals surface area contributed by atoms with Gasteiger partial charge in [0.05, 0.1) is 24.3 Å². The van der Waals surface area contributed by atoms with E-state index in [0.29, 0.717) is 107 Å². The molecule has 5 aliphatic rings. The van der Waals surface area contributed by atoms with Crippen molar-refractivity contribution in [2.45, 2.75) is 123 Å². The van der Waals surface area contributed by atoms with Crippen LogP contribution in [0.25, 0.3) is 0 Å². The summed E-state index contributed by atoms with van der Waals surface area (Å²) in [6, 6.07) is 13.5. The van der Waals surface area contributed by atoms with Gasteiger partial charge in [-0.15, -0.1) is 0 Å². The normalized spacial score (nSPS) is 22.5. The number of piperidine rings is 2. The van der Waals surface area contributed by atoms with Gasteiger partial charge >= 0.3 is 0 Å². The van der Waals surface area contributed by atoms with Gasteiger partial charge in [-0.3, -0.25) is 29.0 Å². The maximum Gasteiger partial charge on any atom is 0.249 e. The van der Waals surface area contributed by atoms with Crippen molar-refractivity contribution in [3.05, 3.63) is 77.6 Å². The number of halogens is 2. The Morgan fingerprint density at radius 3 is 2.28 bits per heavy atom. The van der Waals surface area contributed by atoms with Crippen LogP contribution in [-0.4, -0.2) is 169 Å². The fraction of sp³-hybridized carbons (Fsp3) is 0.650. The fourth-order valence-electron chi connectivity index (χ4n) is 12.6. The van der Waals surface area contributed by atoms with Crippen LogP contribution in [-0.2, 0) is 32.1 Å². The highest BCUT2D eigenvalue weighted by Gasteiger charge is 2.43. The first-order chi connectivity index (χ1) is 37.8. The molecule has 1 saturated carbocycles. The number of hydrogen-bond donors (Lipinski definition) is 6. The van der Waals surface area contributed by atoms with Gasteiger partial charge in [-0.1, -0.05) is 65.0 Å². The van der Waals surface area contributed by atoms with Crippen molar-refractivity contribution in [1.82, 2.24) is 41.0 Å². The van der Waals surface area contributed by atoms with Crippen molar-refractivity contribution in [3.63, 3.8) is 0 Å². The molecule has 0 bridgehead atoms. The Balaban J connectivity index is 0.686. The molecule has 1 unspecified atom stereocenters.